The molecule has 0 aliphatic carbocycles. The molecule has 1 aliphatic rings. The fraction of sp³-hybridized carbons (Fsp3) is 0.600. The van der Waals surface area contributed by atoms with Gasteiger partial charge in [0.1, 0.15) is 5.76 Å². The molecule has 0 fully saturated rings. The summed E-state index contributed by atoms with van der Waals surface area (Å²) in [6.07, 6.45) is 9.09. The van der Waals surface area contributed by atoms with Gasteiger partial charge in [-0.1, -0.05) is 19.8 Å². The van der Waals surface area contributed by atoms with E-state index in [-0.39, 0.29) is 0 Å². The first-order valence-corrected chi connectivity index (χ1v) is 10.2. The normalized spacial score (nSPS) is 26.6. The maximum Gasteiger partial charge on any atom is 0.245 e. The lowest BCUT2D eigenvalue weighted by atomic mass is 9.97. The minimum absolute atomic E-state index is 0.639. The Labute approximate surface area is 111 Å². The van der Waals surface area contributed by atoms with Crippen molar-refractivity contribution in [3.05, 3.63) is 30.2 Å². The minimum atomic E-state index is -1.57. The van der Waals surface area contributed by atoms with E-state index >= 15 is 0 Å². The van der Waals surface area contributed by atoms with Gasteiger partial charge in [0, 0.05) is 0 Å². The Morgan fingerprint density at radius 2 is 2.22 bits per heavy atom. The summed E-state index contributed by atoms with van der Waals surface area (Å²) in [6, 6.07) is 5.17. The molecular formula is C15H24O2Si. The zero-order chi connectivity index (χ0) is 13.0. The van der Waals surface area contributed by atoms with Crippen LogP contribution >= 0.6 is 0 Å². The van der Waals surface area contributed by atoms with Crippen LogP contribution in [0.4, 0.5) is 0 Å². The summed E-state index contributed by atoms with van der Waals surface area (Å²) in [4.78, 5) is 0. The topological polar surface area (TPSA) is 22.4 Å². The second-order valence-corrected chi connectivity index (χ2v) is 10.0. The molecule has 0 aromatic carbocycles. The van der Waals surface area contributed by atoms with Crippen molar-refractivity contribution in [1.29, 1.82) is 0 Å². The van der Waals surface area contributed by atoms with Gasteiger partial charge in [-0.05, 0) is 56.1 Å². The van der Waals surface area contributed by atoms with E-state index in [2.05, 4.69) is 26.1 Å². The molecule has 1 aromatic rings. The lowest BCUT2D eigenvalue weighted by Gasteiger charge is -2.29. The number of hydrogen-bond acceptors (Lipinski definition) is 2. The largest absolute Gasteiger partial charge is 0.542 e. The molecule has 0 radical (unpaired) electrons. The van der Waals surface area contributed by atoms with Gasteiger partial charge in [-0.15, -0.1) is 0 Å². The number of hydrogen-bond donors (Lipinski definition) is 0. The fourth-order valence-electron chi connectivity index (χ4n) is 2.62. The van der Waals surface area contributed by atoms with Gasteiger partial charge in [0.15, 0.2) is 5.76 Å². The molecule has 0 bridgehead atoms. The van der Waals surface area contributed by atoms with Crippen LogP contribution in [0.3, 0.4) is 0 Å². The molecule has 3 heteroatoms. The molecule has 2 nitrogen and oxygen atoms in total. The van der Waals surface area contributed by atoms with Crippen molar-refractivity contribution in [1.82, 2.24) is 0 Å². The summed E-state index contributed by atoms with van der Waals surface area (Å²) >= 11 is 0. The van der Waals surface area contributed by atoms with Crippen molar-refractivity contribution >= 4 is 14.1 Å². The molecule has 0 N–H and O–H groups in total. The Morgan fingerprint density at radius 1 is 1.39 bits per heavy atom. The molecule has 1 unspecified atom stereocenters. The summed E-state index contributed by atoms with van der Waals surface area (Å²) in [5.41, 5.74) is 0. The predicted octanol–water partition coefficient (Wildman–Crippen LogP) is 5.05. The standard InChI is InChI=1S/C15H24O2Si/c1-4-7-13-8-6-11-18(2,3)17-15(12-13)14-9-5-10-16-14/h5,9-10,12-13H,4,6-8,11H2,1-3H3/b15-12-. The second kappa shape index (κ2) is 5.78. The molecule has 100 valence electrons. The smallest absolute Gasteiger partial charge is 0.245 e. The highest BCUT2D eigenvalue weighted by atomic mass is 28.4. The molecule has 0 saturated carbocycles. The van der Waals surface area contributed by atoms with Gasteiger partial charge in [-0.3, -0.25) is 0 Å². The molecule has 0 spiro atoms. The maximum atomic E-state index is 6.31. The number of allylic oxidation sites excluding steroid dienone is 1. The molecule has 1 aliphatic heterocycles. The lowest BCUT2D eigenvalue weighted by Crippen LogP contribution is -2.30. The van der Waals surface area contributed by atoms with Crippen LogP contribution in [-0.4, -0.2) is 8.32 Å². The van der Waals surface area contributed by atoms with Gasteiger partial charge in [-0.2, -0.15) is 0 Å². The molecule has 2 heterocycles. The zero-order valence-corrected chi connectivity index (χ0v) is 12.7. The van der Waals surface area contributed by atoms with Crippen LogP contribution in [0.5, 0.6) is 0 Å². The SMILES string of the molecule is CCCC1/C=C(/c2ccco2)O[Si](C)(C)CCC1. The van der Waals surface area contributed by atoms with Crippen molar-refractivity contribution in [2.75, 3.05) is 0 Å². The van der Waals surface area contributed by atoms with Gasteiger partial charge in [0.05, 0.1) is 6.26 Å². The number of furan rings is 1. The van der Waals surface area contributed by atoms with E-state index < -0.39 is 8.32 Å². The Hall–Kier alpha value is -0.963. The zero-order valence-electron chi connectivity index (χ0n) is 11.7. The van der Waals surface area contributed by atoms with E-state index in [1.807, 2.05) is 12.1 Å². The Morgan fingerprint density at radius 3 is 2.89 bits per heavy atom. The van der Waals surface area contributed by atoms with E-state index in [0.717, 1.165) is 11.5 Å². The van der Waals surface area contributed by atoms with E-state index in [4.69, 9.17) is 8.84 Å². The van der Waals surface area contributed by atoms with Gasteiger partial charge in [0.2, 0.25) is 8.32 Å². The summed E-state index contributed by atoms with van der Waals surface area (Å²) in [7, 11) is -1.57. The molecular weight excluding hydrogens is 240 g/mol. The molecule has 0 amide bonds. The second-order valence-electron chi connectivity index (χ2n) is 5.81. The Bertz CT molecular complexity index is 393. The quantitative estimate of drug-likeness (QED) is 0.713. The van der Waals surface area contributed by atoms with Crippen LogP contribution < -0.4 is 0 Å². The third-order valence-electron chi connectivity index (χ3n) is 3.55. The Kier molecular flexibility index (Phi) is 4.33. The number of rotatable bonds is 3. The first kappa shape index (κ1) is 13.5. The molecule has 1 atom stereocenters. The van der Waals surface area contributed by atoms with Crippen LogP contribution in [-0.2, 0) is 4.43 Å². The summed E-state index contributed by atoms with van der Waals surface area (Å²) < 4.78 is 11.8. The first-order chi connectivity index (χ1) is 8.61. The molecule has 2 rings (SSSR count). The highest BCUT2D eigenvalue weighted by molar-refractivity contribution is 6.71. The van der Waals surface area contributed by atoms with Gasteiger partial charge in [0.25, 0.3) is 0 Å². The average Bonchev–Trinajstić information content (AvgIpc) is 2.78. The average molecular weight is 264 g/mol. The fourth-order valence-corrected chi connectivity index (χ4v) is 4.54. The highest BCUT2D eigenvalue weighted by Crippen LogP contribution is 2.32. The van der Waals surface area contributed by atoms with Gasteiger partial charge >= 0.3 is 0 Å². The van der Waals surface area contributed by atoms with E-state index in [9.17, 15) is 0 Å². The van der Waals surface area contributed by atoms with Gasteiger partial charge in [-0.25, -0.2) is 0 Å². The summed E-state index contributed by atoms with van der Waals surface area (Å²) in [6.45, 7) is 6.84. The van der Waals surface area contributed by atoms with Crippen LogP contribution in [0, 0.1) is 5.92 Å². The van der Waals surface area contributed by atoms with Crippen molar-refractivity contribution in [2.24, 2.45) is 5.92 Å². The molecule has 18 heavy (non-hydrogen) atoms. The van der Waals surface area contributed by atoms with Crippen LogP contribution in [0.15, 0.2) is 28.9 Å². The summed E-state index contributed by atoms with van der Waals surface area (Å²) in [5, 5.41) is 0. The van der Waals surface area contributed by atoms with Crippen molar-refractivity contribution in [2.45, 2.75) is 51.7 Å². The van der Waals surface area contributed by atoms with Crippen molar-refractivity contribution in [3.8, 4) is 0 Å². The molecule has 1 aromatic heterocycles. The van der Waals surface area contributed by atoms with Crippen LogP contribution in [0.2, 0.25) is 19.1 Å². The van der Waals surface area contributed by atoms with E-state index in [1.54, 1.807) is 6.26 Å². The Balaban J connectivity index is 2.25. The third-order valence-corrected chi connectivity index (χ3v) is 5.88. The van der Waals surface area contributed by atoms with Crippen molar-refractivity contribution < 1.29 is 8.84 Å². The van der Waals surface area contributed by atoms with E-state index in [1.165, 1.54) is 31.7 Å². The maximum absolute atomic E-state index is 6.31. The molecule has 0 saturated heterocycles. The highest BCUT2D eigenvalue weighted by Gasteiger charge is 2.28. The van der Waals surface area contributed by atoms with Crippen LogP contribution in [0.1, 0.15) is 38.4 Å². The minimum Gasteiger partial charge on any atom is -0.542 e. The first-order valence-electron chi connectivity index (χ1n) is 7.05. The monoisotopic (exact) mass is 264 g/mol. The van der Waals surface area contributed by atoms with Crippen LogP contribution in [0.25, 0.3) is 5.76 Å². The van der Waals surface area contributed by atoms with Crippen molar-refractivity contribution in [3.63, 3.8) is 0 Å². The predicted molar refractivity (Wildman–Crippen MR) is 77.7 cm³/mol. The lowest BCUT2D eigenvalue weighted by molar-refractivity contribution is 0.427. The third kappa shape index (κ3) is 3.51. The van der Waals surface area contributed by atoms with E-state index in [0.29, 0.717) is 5.92 Å². The van der Waals surface area contributed by atoms with Gasteiger partial charge < -0.3 is 8.84 Å². The summed E-state index contributed by atoms with van der Waals surface area (Å²) in [5.74, 6) is 2.51.